The first kappa shape index (κ1) is 11.7. The van der Waals surface area contributed by atoms with Gasteiger partial charge in [0.25, 0.3) is 0 Å². The molecule has 3 nitrogen and oxygen atoms in total. The molecule has 1 atom stereocenters. The summed E-state index contributed by atoms with van der Waals surface area (Å²) in [7, 11) is 0. The van der Waals surface area contributed by atoms with Crippen LogP contribution in [0.1, 0.15) is 43.4 Å². The summed E-state index contributed by atoms with van der Waals surface area (Å²) in [4.78, 5) is 10.5. The van der Waals surface area contributed by atoms with Crippen LogP contribution < -0.4 is 5.73 Å². The molecule has 0 saturated carbocycles. The molecule has 1 aromatic carbocycles. The molecule has 0 bridgehead atoms. The molecule has 1 unspecified atom stereocenters. The highest BCUT2D eigenvalue weighted by atomic mass is 16.4. The van der Waals surface area contributed by atoms with E-state index < -0.39 is 12.0 Å². The molecule has 0 fully saturated rings. The number of nitrogens with two attached hydrogens (primary N) is 1. The Labute approximate surface area is 89.9 Å². The molecule has 3 N–H and O–H groups in total. The number of benzene rings is 1. The van der Waals surface area contributed by atoms with Gasteiger partial charge in [0, 0.05) is 6.04 Å². The number of carboxylic acids is 1. The second-order valence-electron chi connectivity index (χ2n) is 4.03. The van der Waals surface area contributed by atoms with Crippen molar-refractivity contribution in [1.29, 1.82) is 0 Å². The molecule has 0 radical (unpaired) electrons. The molecule has 0 aromatic heterocycles. The standard InChI is InChI=1S/C12H17NO2/c1-8(2)9-3-5-10(6-4-9)11(13)7-12(14)15/h3-6,8,11H,7,13H2,1-2H3,(H,14,15). The van der Waals surface area contributed by atoms with Gasteiger partial charge in [-0.2, -0.15) is 0 Å². The molecule has 1 rings (SSSR count). The fraction of sp³-hybridized carbons (Fsp3) is 0.417. The third-order valence-electron chi connectivity index (χ3n) is 2.43. The minimum atomic E-state index is -0.865. The van der Waals surface area contributed by atoms with Gasteiger partial charge < -0.3 is 10.8 Å². The predicted octanol–water partition coefficient (Wildman–Crippen LogP) is 2.28. The van der Waals surface area contributed by atoms with Crippen molar-refractivity contribution in [2.24, 2.45) is 5.73 Å². The second-order valence-corrected chi connectivity index (χ2v) is 4.03. The molecule has 0 saturated heterocycles. The van der Waals surface area contributed by atoms with Gasteiger partial charge in [-0.15, -0.1) is 0 Å². The molecule has 3 heteroatoms. The van der Waals surface area contributed by atoms with E-state index in [1.807, 2.05) is 24.3 Å². The van der Waals surface area contributed by atoms with Crippen molar-refractivity contribution in [3.63, 3.8) is 0 Å². The van der Waals surface area contributed by atoms with Crippen molar-refractivity contribution in [1.82, 2.24) is 0 Å². The molecule has 0 aliphatic carbocycles. The summed E-state index contributed by atoms with van der Waals surface area (Å²) in [6.07, 6.45) is -0.0268. The molecule has 1 aromatic rings. The Kier molecular flexibility index (Phi) is 3.86. The maximum Gasteiger partial charge on any atom is 0.305 e. The van der Waals surface area contributed by atoms with E-state index in [4.69, 9.17) is 10.8 Å². The minimum absolute atomic E-state index is 0.0268. The molecule has 0 amide bonds. The van der Waals surface area contributed by atoms with Crippen molar-refractivity contribution >= 4 is 5.97 Å². The largest absolute Gasteiger partial charge is 0.481 e. The Balaban J connectivity index is 2.75. The lowest BCUT2D eigenvalue weighted by Crippen LogP contribution is -2.14. The molecule has 0 aliphatic heterocycles. The summed E-state index contributed by atoms with van der Waals surface area (Å²) in [6, 6.07) is 7.40. The van der Waals surface area contributed by atoms with Crippen LogP contribution in [0.25, 0.3) is 0 Å². The Morgan fingerprint density at radius 3 is 2.13 bits per heavy atom. The van der Waals surface area contributed by atoms with Gasteiger partial charge in [-0.3, -0.25) is 4.79 Å². The first-order chi connectivity index (χ1) is 7.00. The summed E-state index contributed by atoms with van der Waals surface area (Å²) in [5.41, 5.74) is 7.86. The predicted molar refractivity (Wildman–Crippen MR) is 59.7 cm³/mol. The zero-order valence-electron chi connectivity index (χ0n) is 9.10. The number of hydrogen-bond donors (Lipinski definition) is 2. The van der Waals surface area contributed by atoms with Gasteiger partial charge >= 0.3 is 5.97 Å². The van der Waals surface area contributed by atoms with Crippen LogP contribution in [0.5, 0.6) is 0 Å². The Morgan fingerprint density at radius 1 is 1.27 bits per heavy atom. The van der Waals surface area contributed by atoms with Crippen molar-refractivity contribution in [2.45, 2.75) is 32.2 Å². The average Bonchev–Trinajstić information content (AvgIpc) is 2.17. The molecule has 0 heterocycles. The van der Waals surface area contributed by atoms with Crippen LogP contribution in [0.2, 0.25) is 0 Å². The normalized spacial score (nSPS) is 12.8. The van der Waals surface area contributed by atoms with Crippen molar-refractivity contribution in [3.05, 3.63) is 35.4 Å². The molecule has 0 spiro atoms. The van der Waals surface area contributed by atoms with Crippen molar-refractivity contribution in [2.75, 3.05) is 0 Å². The van der Waals surface area contributed by atoms with E-state index in [1.54, 1.807) is 0 Å². The number of carboxylic acid groups (broad SMARTS) is 1. The van der Waals surface area contributed by atoms with Gasteiger partial charge in [0.2, 0.25) is 0 Å². The molecular weight excluding hydrogens is 190 g/mol. The summed E-state index contributed by atoms with van der Waals surface area (Å²) in [6.45, 7) is 4.23. The fourth-order valence-corrected chi connectivity index (χ4v) is 1.43. The van der Waals surface area contributed by atoms with E-state index in [1.165, 1.54) is 5.56 Å². The smallest absolute Gasteiger partial charge is 0.305 e. The summed E-state index contributed by atoms with van der Waals surface area (Å²) >= 11 is 0. The zero-order chi connectivity index (χ0) is 11.4. The maximum atomic E-state index is 10.5. The van der Waals surface area contributed by atoms with Gasteiger partial charge in [-0.25, -0.2) is 0 Å². The molecular formula is C12H17NO2. The van der Waals surface area contributed by atoms with E-state index in [-0.39, 0.29) is 6.42 Å². The number of aliphatic carboxylic acids is 1. The van der Waals surface area contributed by atoms with Gasteiger partial charge in [0.1, 0.15) is 0 Å². The first-order valence-electron chi connectivity index (χ1n) is 5.08. The monoisotopic (exact) mass is 207 g/mol. The van der Waals surface area contributed by atoms with Gasteiger partial charge in [-0.1, -0.05) is 38.1 Å². The van der Waals surface area contributed by atoms with Gasteiger partial charge in [0.05, 0.1) is 6.42 Å². The van der Waals surface area contributed by atoms with Crippen LogP contribution in [-0.4, -0.2) is 11.1 Å². The van der Waals surface area contributed by atoms with Crippen LogP contribution in [0.4, 0.5) is 0 Å². The highest BCUT2D eigenvalue weighted by molar-refractivity contribution is 5.67. The minimum Gasteiger partial charge on any atom is -0.481 e. The Hall–Kier alpha value is -1.35. The third-order valence-corrected chi connectivity index (χ3v) is 2.43. The van der Waals surface area contributed by atoms with E-state index >= 15 is 0 Å². The van der Waals surface area contributed by atoms with Gasteiger partial charge in [-0.05, 0) is 17.0 Å². The number of rotatable bonds is 4. The topological polar surface area (TPSA) is 63.3 Å². The van der Waals surface area contributed by atoms with Crippen LogP contribution in [0.15, 0.2) is 24.3 Å². The lowest BCUT2D eigenvalue weighted by atomic mass is 9.98. The third kappa shape index (κ3) is 3.36. The Morgan fingerprint density at radius 2 is 1.73 bits per heavy atom. The molecule has 0 aliphatic rings. The summed E-state index contributed by atoms with van der Waals surface area (Å²) < 4.78 is 0. The molecule has 15 heavy (non-hydrogen) atoms. The van der Waals surface area contributed by atoms with Crippen LogP contribution >= 0.6 is 0 Å². The van der Waals surface area contributed by atoms with E-state index in [0.29, 0.717) is 5.92 Å². The first-order valence-corrected chi connectivity index (χ1v) is 5.08. The Bertz CT molecular complexity index is 330. The van der Waals surface area contributed by atoms with Crippen LogP contribution in [0.3, 0.4) is 0 Å². The molecule has 82 valence electrons. The number of hydrogen-bond acceptors (Lipinski definition) is 2. The SMILES string of the molecule is CC(C)c1ccc(C(N)CC(=O)O)cc1. The van der Waals surface area contributed by atoms with Gasteiger partial charge in [0.15, 0.2) is 0 Å². The summed E-state index contributed by atoms with van der Waals surface area (Å²) in [5.74, 6) is -0.384. The van der Waals surface area contributed by atoms with E-state index in [9.17, 15) is 4.79 Å². The second kappa shape index (κ2) is 4.94. The average molecular weight is 207 g/mol. The van der Waals surface area contributed by atoms with E-state index in [0.717, 1.165) is 5.56 Å². The number of carbonyl (C=O) groups is 1. The summed E-state index contributed by atoms with van der Waals surface area (Å²) in [5, 5.41) is 8.61. The highest BCUT2D eigenvalue weighted by Gasteiger charge is 2.10. The fourth-order valence-electron chi connectivity index (χ4n) is 1.43. The van der Waals surface area contributed by atoms with Crippen molar-refractivity contribution in [3.8, 4) is 0 Å². The maximum absolute atomic E-state index is 10.5. The van der Waals surface area contributed by atoms with Crippen LogP contribution in [0, 0.1) is 0 Å². The lowest BCUT2D eigenvalue weighted by molar-refractivity contribution is -0.137. The quantitative estimate of drug-likeness (QED) is 0.796. The van der Waals surface area contributed by atoms with Crippen molar-refractivity contribution < 1.29 is 9.90 Å². The van der Waals surface area contributed by atoms with Crippen LogP contribution in [-0.2, 0) is 4.79 Å². The lowest BCUT2D eigenvalue weighted by Gasteiger charge is -2.11. The highest BCUT2D eigenvalue weighted by Crippen LogP contribution is 2.19. The van der Waals surface area contributed by atoms with E-state index in [2.05, 4.69) is 13.8 Å². The zero-order valence-corrected chi connectivity index (χ0v) is 9.10.